The zero-order valence-electron chi connectivity index (χ0n) is 10.3. The zero-order chi connectivity index (χ0) is 13.5. The molecule has 0 aliphatic carbocycles. The summed E-state index contributed by atoms with van der Waals surface area (Å²) < 4.78 is 0. The predicted molar refractivity (Wildman–Crippen MR) is 71.4 cm³/mol. The van der Waals surface area contributed by atoms with Crippen LogP contribution in [0, 0.1) is 11.3 Å². The van der Waals surface area contributed by atoms with Crippen LogP contribution < -0.4 is 5.32 Å². The zero-order valence-corrected chi connectivity index (χ0v) is 10.3. The molecule has 0 aliphatic rings. The number of nitriles is 1. The lowest BCUT2D eigenvalue weighted by atomic mass is 10.1. The Balaban J connectivity index is 1.90. The van der Waals surface area contributed by atoms with E-state index in [2.05, 4.69) is 15.3 Å². The van der Waals surface area contributed by atoms with Crippen molar-refractivity contribution in [1.29, 1.82) is 5.26 Å². The second kappa shape index (κ2) is 6.47. The van der Waals surface area contributed by atoms with Crippen molar-refractivity contribution in [2.75, 3.05) is 11.9 Å². The van der Waals surface area contributed by atoms with Crippen molar-refractivity contribution in [3.63, 3.8) is 0 Å². The van der Waals surface area contributed by atoms with Crippen molar-refractivity contribution in [2.45, 2.75) is 12.5 Å². The van der Waals surface area contributed by atoms with Gasteiger partial charge in [0.2, 0.25) is 0 Å². The first kappa shape index (κ1) is 13.0. The van der Waals surface area contributed by atoms with E-state index < -0.39 is 6.10 Å². The summed E-state index contributed by atoms with van der Waals surface area (Å²) >= 11 is 0. The van der Waals surface area contributed by atoms with Gasteiger partial charge in [-0.2, -0.15) is 5.26 Å². The number of nitrogens with one attached hydrogen (secondary N) is 1. The lowest BCUT2D eigenvalue weighted by molar-refractivity contribution is 0.188. The third kappa shape index (κ3) is 3.76. The highest BCUT2D eigenvalue weighted by Crippen LogP contribution is 2.08. The van der Waals surface area contributed by atoms with Crippen LogP contribution in [0.5, 0.6) is 0 Å². The fourth-order valence-corrected chi connectivity index (χ4v) is 1.72. The lowest BCUT2D eigenvalue weighted by Gasteiger charge is -2.12. The molecular weight excluding hydrogens is 240 g/mol. The average molecular weight is 254 g/mol. The maximum absolute atomic E-state index is 9.93. The van der Waals surface area contributed by atoms with Gasteiger partial charge in [-0.15, -0.1) is 0 Å². The van der Waals surface area contributed by atoms with Gasteiger partial charge >= 0.3 is 0 Å². The van der Waals surface area contributed by atoms with Crippen molar-refractivity contribution in [3.05, 3.63) is 54.0 Å². The highest BCUT2D eigenvalue weighted by atomic mass is 16.3. The highest BCUT2D eigenvalue weighted by Gasteiger charge is 2.08. The highest BCUT2D eigenvalue weighted by molar-refractivity contribution is 5.46. The predicted octanol–water partition coefficient (Wildman–Crippen LogP) is 1.36. The van der Waals surface area contributed by atoms with Gasteiger partial charge in [-0.25, -0.2) is 9.97 Å². The molecule has 0 saturated heterocycles. The Hall–Kier alpha value is -2.45. The molecule has 2 aromatic rings. The molecular formula is C14H14N4O. The second-order valence-corrected chi connectivity index (χ2v) is 4.09. The number of nitrogens with zero attached hydrogens (tertiary/aromatic N) is 3. The number of rotatable bonds is 5. The molecule has 1 heterocycles. The van der Waals surface area contributed by atoms with Crippen LogP contribution in [0.15, 0.2) is 42.7 Å². The molecule has 0 bridgehead atoms. The van der Waals surface area contributed by atoms with Crippen LogP contribution in [-0.2, 0) is 6.42 Å². The fourth-order valence-electron chi connectivity index (χ4n) is 1.72. The Bertz CT molecular complexity index is 565. The van der Waals surface area contributed by atoms with Gasteiger partial charge in [0, 0.05) is 25.4 Å². The first-order valence-electron chi connectivity index (χ1n) is 5.96. The average Bonchev–Trinajstić information content (AvgIpc) is 2.46. The number of anilines is 1. The summed E-state index contributed by atoms with van der Waals surface area (Å²) in [6, 6.07) is 11.7. The van der Waals surface area contributed by atoms with Crippen molar-refractivity contribution < 1.29 is 5.11 Å². The van der Waals surface area contributed by atoms with Gasteiger partial charge in [-0.05, 0) is 5.56 Å². The minimum absolute atomic E-state index is 0.231. The molecule has 0 unspecified atom stereocenters. The van der Waals surface area contributed by atoms with Gasteiger partial charge < -0.3 is 10.4 Å². The quantitative estimate of drug-likeness (QED) is 0.842. The molecule has 5 heteroatoms. The summed E-state index contributed by atoms with van der Waals surface area (Å²) in [7, 11) is 0. The van der Waals surface area contributed by atoms with Gasteiger partial charge in [-0.1, -0.05) is 30.3 Å². The summed E-state index contributed by atoms with van der Waals surface area (Å²) in [4.78, 5) is 7.91. The topological polar surface area (TPSA) is 81.8 Å². The molecule has 0 fully saturated rings. The smallest absolute Gasteiger partial charge is 0.182 e. The minimum Gasteiger partial charge on any atom is -0.391 e. The van der Waals surface area contributed by atoms with Crippen LogP contribution in [0.1, 0.15) is 11.3 Å². The minimum atomic E-state index is -0.545. The van der Waals surface area contributed by atoms with E-state index in [0.717, 1.165) is 5.56 Å². The molecule has 0 saturated carbocycles. The number of benzene rings is 1. The molecule has 1 atom stereocenters. The van der Waals surface area contributed by atoms with E-state index in [1.165, 1.54) is 12.4 Å². The molecule has 1 aromatic heterocycles. The molecule has 0 spiro atoms. The first-order chi connectivity index (χ1) is 9.29. The van der Waals surface area contributed by atoms with Crippen molar-refractivity contribution >= 4 is 5.82 Å². The van der Waals surface area contributed by atoms with Crippen LogP contribution in [0.3, 0.4) is 0 Å². The SMILES string of the molecule is N#Cc1nccnc1NC[C@@H](O)Cc1ccccc1. The summed E-state index contributed by atoms with van der Waals surface area (Å²) in [5.74, 6) is 0.400. The maximum Gasteiger partial charge on any atom is 0.182 e. The van der Waals surface area contributed by atoms with Crippen LogP contribution in [0.25, 0.3) is 0 Å². The van der Waals surface area contributed by atoms with Crippen LogP contribution in [0.4, 0.5) is 5.82 Å². The number of hydrogen-bond donors (Lipinski definition) is 2. The van der Waals surface area contributed by atoms with Gasteiger partial charge in [0.1, 0.15) is 6.07 Å². The van der Waals surface area contributed by atoms with E-state index in [1.54, 1.807) is 0 Å². The summed E-state index contributed by atoms with van der Waals surface area (Å²) in [6.45, 7) is 0.322. The van der Waals surface area contributed by atoms with Crippen molar-refractivity contribution in [1.82, 2.24) is 9.97 Å². The Morgan fingerprint density at radius 1 is 1.21 bits per heavy atom. The Kier molecular flexibility index (Phi) is 4.43. The summed E-state index contributed by atoms with van der Waals surface area (Å²) in [5, 5.41) is 21.7. The second-order valence-electron chi connectivity index (χ2n) is 4.09. The van der Waals surface area contributed by atoms with Gasteiger partial charge in [0.15, 0.2) is 11.5 Å². The maximum atomic E-state index is 9.93. The van der Waals surface area contributed by atoms with Crippen LogP contribution >= 0.6 is 0 Å². The fraction of sp³-hybridized carbons (Fsp3) is 0.214. The number of aliphatic hydroxyl groups excluding tert-OH is 1. The summed E-state index contributed by atoms with van der Waals surface area (Å²) in [5.41, 5.74) is 1.30. The third-order valence-electron chi connectivity index (χ3n) is 2.62. The van der Waals surface area contributed by atoms with Gasteiger partial charge in [0.05, 0.1) is 6.10 Å². The van der Waals surface area contributed by atoms with Crippen molar-refractivity contribution in [3.8, 4) is 6.07 Å². The molecule has 0 amide bonds. The number of aliphatic hydroxyl groups is 1. The number of aromatic nitrogens is 2. The molecule has 19 heavy (non-hydrogen) atoms. The molecule has 96 valence electrons. The Morgan fingerprint density at radius 3 is 2.68 bits per heavy atom. The standard InChI is InChI=1S/C14H14N4O/c15-9-13-14(17-7-6-16-13)18-10-12(19)8-11-4-2-1-3-5-11/h1-7,12,19H,8,10H2,(H,17,18)/t12-/m0/s1. The summed E-state index contributed by atoms with van der Waals surface area (Å²) in [6.07, 6.45) is 2.98. The van der Waals surface area contributed by atoms with E-state index in [-0.39, 0.29) is 5.69 Å². The molecule has 0 aliphatic heterocycles. The largest absolute Gasteiger partial charge is 0.391 e. The third-order valence-corrected chi connectivity index (χ3v) is 2.62. The van der Waals surface area contributed by atoms with Gasteiger partial charge in [-0.3, -0.25) is 0 Å². The van der Waals surface area contributed by atoms with E-state index >= 15 is 0 Å². The molecule has 2 rings (SSSR count). The normalized spacial score (nSPS) is 11.6. The Labute approximate surface area is 111 Å². The molecule has 5 nitrogen and oxygen atoms in total. The monoisotopic (exact) mass is 254 g/mol. The lowest BCUT2D eigenvalue weighted by Crippen LogP contribution is -2.22. The molecule has 0 radical (unpaired) electrons. The molecule has 2 N–H and O–H groups in total. The number of hydrogen-bond acceptors (Lipinski definition) is 5. The van der Waals surface area contributed by atoms with E-state index in [0.29, 0.717) is 18.8 Å². The molecule has 1 aromatic carbocycles. The van der Waals surface area contributed by atoms with Crippen LogP contribution in [-0.4, -0.2) is 27.7 Å². The van der Waals surface area contributed by atoms with Gasteiger partial charge in [0.25, 0.3) is 0 Å². The van der Waals surface area contributed by atoms with E-state index in [9.17, 15) is 5.11 Å². The van der Waals surface area contributed by atoms with E-state index in [1.807, 2.05) is 36.4 Å². The first-order valence-corrected chi connectivity index (χ1v) is 5.96. The van der Waals surface area contributed by atoms with Crippen molar-refractivity contribution in [2.24, 2.45) is 0 Å². The Morgan fingerprint density at radius 2 is 1.95 bits per heavy atom. The van der Waals surface area contributed by atoms with Crippen LogP contribution in [0.2, 0.25) is 0 Å². The van der Waals surface area contributed by atoms with E-state index in [4.69, 9.17) is 5.26 Å².